The third-order valence-electron chi connectivity index (χ3n) is 7.88. The summed E-state index contributed by atoms with van der Waals surface area (Å²) in [5.41, 5.74) is -1.57. The number of alkyl halides is 12. The summed E-state index contributed by atoms with van der Waals surface area (Å²) in [6.45, 7) is -5.42. The zero-order valence-corrected chi connectivity index (χ0v) is 33.4. The van der Waals surface area contributed by atoms with Gasteiger partial charge in [0.25, 0.3) is 5.09 Å². The van der Waals surface area contributed by atoms with Crippen LogP contribution in [-0.2, 0) is 69.3 Å². The fourth-order valence-corrected chi connectivity index (χ4v) is 7.59. The molecular formula is C37H29F12O13PS. The van der Waals surface area contributed by atoms with E-state index in [-0.39, 0.29) is 11.1 Å². The van der Waals surface area contributed by atoms with Crippen LogP contribution in [0.4, 0.5) is 52.7 Å². The van der Waals surface area contributed by atoms with E-state index in [1.54, 1.807) is 0 Å². The molecule has 3 unspecified atom stereocenters. The van der Waals surface area contributed by atoms with Gasteiger partial charge in [0, 0.05) is 22.3 Å². The summed E-state index contributed by atoms with van der Waals surface area (Å²) in [7, 11) is -5.48. The summed E-state index contributed by atoms with van der Waals surface area (Å²) in [5, 5.41) is 9.67. The van der Waals surface area contributed by atoms with Gasteiger partial charge in [-0.05, 0) is 24.3 Å². The molecule has 1 N–H and O–H groups in total. The van der Waals surface area contributed by atoms with Crippen LogP contribution in [0.5, 0.6) is 23.0 Å². The van der Waals surface area contributed by atoms with Crippen LogP contribution in [0.1, 0.15) is 22.3 Å². The lowest BCUT2D eigenvalue weighted by molar-refractivity contribution is -0.276. The molecule has 1 aliphatic rings. The third kappa shape index (κ3) is 15.2. The van der Waals surface area contributed by atoms with Crippen molar-refractivity contribution in [1.29, 1.82) is 0 Å². The third-order valence-corrected chi connectivity index (χ3v) is 10.3. The molecule has 0 bridgehead atoms. The quantitative estimate of drug-likeness (QED) is 0.0663. The lowest BCUT2D eigenvalue weighted by Crippen LogP contribution is -2.34. The van der Waals surface area contributed by atoms with E-state index in [2.05, 4.69) is 18.9 Å². The number of aliphatic hydroxyl groups excluding tert-OH is 1. The Balaban J connectivity index is 1.52. The summed E-state index contributed by atoms with van der Waals surface area (Å²) in [6, 6.07) is 17.2. The van der Waals surface area contributed by atoms with Gasteiger partial charge in [0.1, 0.15) is 42.3 Å². The van der Waals surface area contributed by atoms with Gasteiger partial charge in [-0.1, -0.05) is 72.8 Å². The van der Waals surface area contributed by atoms with Crippen molar-refractivity contribution in [3.8, 4) is 23.0 Å². The van der Waals surface area contributed by atoms with Crippen molar-refractivity contribution < 1.29 is 113 Å². The molecule has 0 saturated heterocycles. The number of para-hydroxylation sites is 4. The van der Waals surface area contributed by atoms with Crippen LogP contribution >= 0.6 is 7.82 Å². The molecule has 0 spiro atoms. The van der Waals surface area contributed by atoms with Crippen LogP contribution in [0.2, 0.25) is 0 Å². The summed E-state index contributed by atoms with van der Waals surface area (Å²) >= 11 is -2.89. The second-order valence-corrected chi connectivity index (χ2v) is 15.1. The topological polar surface area (TPSA) is 147 Å². The van der Waals surface area contributed by atoms with Gasteiger partial charge in [-0.3, -0.25) is 17.8 Å². The van der Waals surface area contributed by atoms with Gasteiger partial charge in [-0.15, -0.1) is 52.7 Å². The predicted molar refractivity (Wildman–Crippen MR) is 191 cm³/mol. The first-order valence-corrected chi connectivity index (χ1v) is 20.1. The van der Waals surface area contributed by atoms with Crippen molar-refractivity contribution in [3.63, 3.8) is 0 Å². The number of aliphatic hydroxyl groups is 1. The molecule has 27 heteroatoms. The van der Waals surface area contributed by atoms with Crippen molar-refractivity contribution >= 4 is 18.9 Å². The summed E-state index contributed by atoms with van der Waals surface area (Å²) < 4.78 is 235. The lowest BCUT2D eigenvalue weighted by atomic mass is 10.2. The van der Waals surface area contributed by atoms with E-state index in [1.165, 1.54) is 30.3 Å². The Bertz CT molecular complexity index is 2240. The number of phosphoric ester groups is 1. The molecule has 3 atom stereocenters. The molecular weight excluding hydrogens is 943 g/mol. The maximum Gasteiger partial charge on any atom is 0.573 e. The van der Waals surface area contributed by atoms with E-state index >= 15 is 0 Å². The summed E-state index contributed by atoms with van der Waals surface area (Å²) in [5.74, 6) is -4.16. The van der Waals surface area contributed by atoms with Crippen LogP contribution in [0, 0.1) is 0 Å². The van der Waals surface area contributed by atoms with Crippen molar-refractivity contribution in [2.45, 2.75) is 64.1 Å². The number of hydrogen-bond donors (Lipinski definition) is 1. The highest BCUT2D eigenvalue weighted by Crippen LogP contribution is 2.54. The van der Waals surface area contributed by atoms with Crippen LogP contribution in [-0.4, -0.2) is 53.6 Å². The normalized spacial score (nSPS) is 16.6. The molecule has 4 aromatic carbocycles. The molecule has 1 aliphatic heterocycles. The van der Waals surface area contributed by atoms with E-state index in [0.717, 1.165) is 66.7 Å². The van der Waals surface area contributed by atoms with Crippen LogP contribution in [0.3, 0.4) is 0 Å². The number of hydrogen-bond acceptors (Lipinski definition) is 13. The monoisotopic (exact) mass is 972 g/mol. The Morgan fingerprint density at radius 2 is 0.875 bits per heavy atom. The van der Waals surface area contributed by atoms with Crippen LogP contribution in [0.15, 0.2) is 108 Å². The Labute approximate surface area is 355 Å². The van der Waals surface area contributed by atoms with E-state index < -0.39 is 135 Å². The zero-order chi connectivity index (χ0) is 46.9. The van der Waals surface area contributed by atoms with Crippen molar-refractivity contribution in [3.05, 3.63) is 130 Å². The number of phosphoric acid groups is 1. The minimum Gasteiger partial charge on any atom is -0.486 e. The second-order valence-electron chi connectivity index (χ2n) is 12.4. The van der Waals surface area contributed by atoms with Gasteiger partial charge < -0.3 is 33.5 Å². The molecule has 5 rings (SSSR count). The first-order chi connectivity index (χ1) is 29.9. The van der Waals surface area contributed by atoms with Crippen molar-refractivity contribution in [2.75, 3.05) is 6.61 Å². The molecule has 0 aromatic heterocycles. The van der Waals surface area contributed by atoms with Crippen molar-refractivity contribution in [1.82, 2.24) is 0 Å². The molecule has 0 fully saturated rings. The highest BCUT2D eigenvalue weighted by Gasteiger charge is 2.46. The maximum absolute atomic E-state index is 14.4. The molecule has 64 heavy (non-hydrogen) atoms. The fourth-order valence-electron chi connectivity index (χ4n) is 5.30. The molecule has 13 nitrogen and oxygen atoms in total. The average Bonchev–Trinajstić information content (AvgIpc) is 3.50. The largest absolute Gasteiger partial charge is 0.573 e. The standard InChI is InChI=1S/C37H29F12O13PS/c38-34(39,40)57-26-13-5-1-9-22(26)18-53-32-31(62-64(52)33(32)54-19-23-10-2-6-14-27(23)58-35(41,42)43)30(17-50)61-63(51,55-20-24-11-3-7-15-28(24)59-36(44,45)46)56-21-25-12-4-8-16-29(25)60-37(47,48)49/h1-16,30-31,50H,17-21H2. The van der Waals surface area contributed by atoms with E-state index in [4.69, 9.17) is 27.2 Å². The van der Waals surface area contributed by atoms with Gasteiger partial charge in [-0.25, -0.2) is 8.77 Å². The highest BCUT2D eigenvalue weighted by atomic mass is 32.2. The first-order valence-electron chi connectivity index (χ1n) is 17.5. The van der Waals surface area contributed by atoms with Gasteiger partial charge in [0.05, 0.1) is 19.8 Å². The predicted octanol–water partition coefficient (Wildman–Crippen LogP) is 10.2. The van der Waals surface area contributed by atoms with Gasteiger partial charge in [0.2, 0.25) is 11.1 Å². The Morgan fingerprint density at radius 1 is 0.547 bits per heavy atom. The van der Waals surface area contributed by atoms with Crippen LogP contribution < -0.4 is 18.9 Å². The lowest BCUT2D eigenvalue weighted by Gasteiger charge is -2.27. The van der Waals surface area contributed by atoms with E-state index in [0.29, 0.717) is 0 Å². The minimum absolute atomic E-state index is 0.318. The van der Waals surface area contributed by atoms with E-state index in [1.807, 2.05) is 0 Å². The fraction of sp³-hybridized carbons (Fsp3) is 0.297. The maximum atomic E-state index is 14.4. The SMILES string of the molecule is O=S1OC(C(CO)OP(=O)(OCc2ccccc2OC(F)(F)F)OCc2ccccc2OC(F)(F)F)C(OCc2ccccc2OC(F)(F)F)=C1OCc1ccccc1OC(F)(F)F. The Morgan fingerprint density at radius 3 is 1.22 bits per heavy atom. The van der Waals surface area contributed by atoms with Crippen molar-refractivity contribution in [2.24, 2.45) is 0 Å². The number of benzene rings is 4. The highest BCUT2D eigenvalue weighted by molar-refractivity contribution is 7.84. The van der Waals surface area contributed by atoms with Crippen LogP contribution in [0.25, 0.3) is 0 Å². The number of rotatable bonds is 20. The molecule has 0 radical (unpaired) electrons. The molecule has 0 saturated carbocycles. The average molecular weight is 973 g/mol. The number of halogens is 12. The minimum atomic E-state index is -5.48. The smallest absolute Gasteiger partial charge is 0.486 e. The Kier molecular flexibility index (Phi) is 16.1. The molecule has 4 aromatic rings. The second kappa shape index (κ2) is 20.7. The Hall–Kier alpha value is -5.24. The van der Waals surface area contributed by atoms with Gasteiger partial charge >= 0.3 is 33.3 Å². The van der Waals surface area contributed by atoms with Gasteiger partial charge in [0.15, 0.2) is 11.9 Å². The van der Waals surface area contributed by atoms with E-state index in [9.17, 15) is 66.6 Å². The first kappa shape index (κ1) is 49.8. The molecule has 0 aliphatic carbocycles. The molecule has 350 valence electrons. The summed E-state index contributed by atoms with van der Waals surface area (Å²) in [6.07, 6.45) is -25.2. The zero-order valence-electron chi connectivity index (χ0n) is 31.7. The number of ether oxygens (including phenoxy) is 6. The molecule has 0 amide bonds. The summed E-state index contributed by atoms with van der Waals surface area (Å²) in [4.78, 5) is 0. The van der Waals surface area contributed by atoms with Gasteiger partial charge in [-0.2, -0.15) is 0 Å². The molecule has 1 heterocycles.